The van der Waals surface area contributed by atoms with Crippen molar-refractivity contribution < 1.29 is 9.90 Å². The van der Waals surface area contributed by atoms with Gasteiger partial charge in [-0.05, 0) is 19.9 Å². The number of thioether (sulfide) groups is 1. The number of aliphatic hydroxyl groups excluding tert-OH is 1. The molecule has 1 aliphatic heterocycles. The van der Waals surface area contributed by atoms with Crippen molar-refractivity contribution >= 4 is 23.6 Å². The van der Waals surface area contributed by atoms with E-state index in [2.05, 4.69) is 9.97 Å². The number of amides is 1. The third kappa shape index (κ3) is 2.03. The average molecular weight is 239 g/mol. The van der Waals surface area contributed by atoms with E-state index in [1.807, 2.05) is 19.9 Å². The van der Waals surface area contributed by atoms with Gasteiger partial charge in [-0.2, -0.15) is 0 Å². The highest BCUT2D eigenvalue weighted by Crippen LogP contribution is 2.28. The summed E-state index contributed by atoms with van der Waals surface area (Å²) in [7, 11) is 0. The first-order valence-electron chi connectivity index (χ1n) is 4.98. The molecule has 1 unspecified atom stereocenters. The van der Waals surface area contributed by atoms with Gasteiger partial charge in [0.1, 0.15) is 5.37 Å². The highest BCUT2D eigenvalue weighted by atomic mass is 32.2. The second-order valence-corrected chi connectivity index (χ2v) is 4.83. The van der Waals surface area contributed by atoms with Gasteiger partial charge in [0.15, 0.2) is 0 Å². The fraction of sp³-hybridized carbons (Fsp3) is 0.500. The Morgan fingerprint density at radius 1 is 1.50 bits per heavy atom. The predicted molar refractivity (Wildman–Crippen MR) is 62.3 cm³/mol. The van der Waals surface area contributed by atoms with Crippen LogP contribution in [0.1, 0.15) is 11.4 Å². The molecule has 0 aromatic carbocycles. The van der Waals surface area contributed by atoms with Crippen molar-refractivity contribution in [2.45, 2.75) is 19.2 Å². The lowest BCUT2D eigenvalue weighted by Gasteiger charge is -2.20. The monoisotopic (exact) mass is 239 g/mol. The molecule has 16 heavy (non-hydrogen) atoms. The minimum Gasteiger partial charge on any atom is -0.393 e. The minimum absolute atomic E-state index is 0.0472. The molecule has 0 radical (unpaired) electrons. The van der Waals surface area contributed by atoms with Crippen molar-refractivity contribution in [1.29, 1.82) is 0 Å². The first kappa shape index (κ1) is 11.3. The molecule has 0 spiro atoms. The minimum atomic E-state index is -0.256. The number of hydrogen-bond donors (Lipinski definition) is 1. The fourth-order valence-electron chi connectivity index (χ4n) is 1.66. The molecule has 0 bridgehead atoms. The third-order valence-corrected chi connectivity index (χ3v) is 3.46. The van der Waals surface area contributed by atoms with Gasteiger partial charge in [-0.15, -0.1) is 11.8 Å². The van der Waals surface area contributed by atoms with E-state index in [-0.39, 0.29) is 17.9 Å². The van der Waals surface area contributed by atoms with Gasteiger partial charge in [-0.3, -0.25) is 9.69 Å². The first-order chi connectivity index (χ1) is 7.61. The van der Waals surface area contributed by atoms with E-state index in [0.29, 0.717) is 11.7 Å². The molecule has 1 fully saturated rings. The summed E-state index contributed by atoms with van der Waals surface area (Å²) < 4.78 is 0. The van der Waals surface area contributed by atoms with Crippen LogP contribution in [0.2, 0.25) is 0 Å². The van der Waals surface area contributed by atoms with Gasteiger partial charge in [0, 0.05) is 11.4 Å². The van der Waals surface area contributed by atoms with Crippen molar-refractivity contribution in [3.05, 3.63) is 17.5 Å². The van der Waals surface area contributed by atoms with E-state index in [9.17, 15) is 9.90 Å². The molecule has 86 valence electrons. The second-order valence-electron chi connectivity index (χ2n) is 3.66. The molecule has 0 aliphatic carbocycles. The number of carbonyl (C=O) groups excluding carboxylic acids is 1. The summed E-state index contributed by atoms with van der Waals surface area (Å²) >= 11 is 1.41. The number of carbonyl (C=O) groups is 1. The van der Waals surface area contributed by atoms with Crippen LogP contribution in [-0.4, -0.2) is 38.7 Å². The zero-order valence-corrected chi connectivity index (χ0v) is 9.99. The molecule has 1 aromatic heterocycles. The normalized spacial score (nSPS) is 20.6. The quantitative estimate of drug-likeness (QED) is 0.813. The van der Waals surface area contributed by atoms with Crippen molar-refractivity contribution in [3.8, 4) is 0 Å². The summed E-state index contributed by atoms with van der Waals surface area (Å²) in [5, 5.41) is 8.93. The number of nitrogens with zero attached hydrogens (tertiary/aromatic N) is 3. The molecule has 1 N–H and O–H groups in total. The number of anilines is 1. The van der Waals surface area contributed by atoms with Gasteiger partial charge in [-0.25, -0.2) is 9.97 Å². The molecule has 6 heteroatoms. The number of hydrogen-bond acceptors (Lipinski definition) is 5. The summed E-state index contributed by atoms with van der Waals surface area (Å²) in [6.07, 6.45) is 0. The van der Waals surface area contributed by atoms with Crippen LogP contribution in [0.25, 0.3) is 0 Å². The van der Waals surface area contributed by atoms with Gasteiger partial charge < -0.3 is 5.11 Å². The van der Waals surface area contributed by atoms with Crippen LogP contribution in [0.5, 0.6) is 0 Å². The Bertz CT molecular complexity index is 404. The SMILES string of the molecule is Cc1cc(C)nc(N2C(=O)CSC2CO)n1. The summed E-state index contributed by atoms with van der Waals surface area (Å²) in [5.74, 6) is 0.724. The summed E-state index contributed by atoms with van der Waals surface area (Å²) in [4.78, 5) is 21.6. The number of aryl methyl sites for hydroxylation is 2. The molecular formula is C10H13N3O2S. The average Bonchev–Trinajstić information content (AvgIpc) is 2.58. The smallest absolute Gasteiger partial charge is 0.240 e. The Kier molecular flexibility index (Phi) is 3.11. The molecule has 1 aromatic rings. The maximum absolute atomic E-state index is 11.7. The van der Waals surface area contributed by atoms with Crippen LogP contribution in [0.3, 0.4) is 0 Å². The van der Waals surface area contributed by atoms with E-state index in [1.54, 1.807) is 0 Å². The Balaban J connectivity index is 2.38. The molecule has 1 aliphatic rings. The van der Waals surface area contributed by atoms with E-state index >= 15 is 0 Å². The lowest BCUT2D eigenvalue weighted by Crippen LogP contribution is -2.36. The van der Waals surface area contributed by atoms with Crippen molar-refractivity contribution in [2.75, 3.05) is 17.3 Å². The first-order valence-corrected chi connectivity index (χ1v) is 6.03. The zero-order valence-electron chi connectivity index (χ0n) is 9.17. The van der Waals surface area contributed by atoms with Gasteiger partial charge >= 0.3 is 0 Å². The number of aromatic nitrogens is 2. The molecule has 1 amide bonds. The van der Waals surface area contributed by atoms with Gasteiger partial charge in [0.25, 0.3) is 0 Å². The Morgan fingerprint density at radius 3 is 2.69 bits per heavy atom. The maximum atomic E-state index is 11.7. The highest BCUT2D eigenvalue weighted by molar-refractivity contribution is 8.01. The third-order valence-electron chi connectivity index (χ3n) is 2.30. The van der Waals surface area contributed by atoms with Crippen LogP contribution < -0.4 is 4.90 Å². The van der Waals surface area contributed by atoms with Crippen LogP contribution in [0, 0.1) is 13.8 Å². The Labute approximate surface area is 97.9 Å². The van der Waals surface area contributed by atoms with Crippen LogP contribution >= 0.6 is 11.8 Å². The van der Waals surface area contributed by atoms with E-state index in [0.717, 1.165) is 11.4 Å². The van der Waals surface area contributed by atoms with Crippen molar-refractivity contribution in [1.82, 2.24) is 9.97 Å². The van der Waals surface area contributed by atoms with Gasteiger partial charge in [0.05, 0.1) is 12.4 Å². The molecule has 1 saturated heterocycles. The van der Waals surface area contributed by atoms with E-state index in [1.165, 1.54) is 16.7 Å². The maximum Gasteiger partial charge on any atom is 0.240 e. The standard InChI is InChI=1S/C10H13N3O2S/c1-6-3-7(2)12-10(11-6)13-8(15)5-16-9(13)4-14/h3,9,14H,4-5H2,1-2H3. The van der Waals surface area contributed by atoms with E-state index in [4.69, 9.17) is 0 Å². The molecule has 5 nitrogen and oxygen atoms in total. The lowest BCUT2D eigenvalue weighted by atomic mass is 10.3. The van der Waals surface area contributed by atoms with Crippen LogP contribution in [0.4, 0.5) is 5.95 Å². The number of rotatable bonds is 2. The number of aliphatic hydroxyl groups is 1. The predicted octanol–water partition coefficient (Wildman–Crippen LogP) is 0.492. The summed E-state index contributed by atoms with van der Waals surface area (Å²) in [6.45, 7) is 3.65. The molecule has 2 rings (SSSR count). The Morgan fingerprint density at radius 2 is 2.12 bits per heavy atom. The van der Waals surface area contributed by atoms with Gasteiger partial charge in [-0.1, -0.05) is 0 Å². The lowest BCUT2D eigenvalue weighted by molar-refractivity contribution is -0.116. The molecule has 2 heterocycles. The largest absolute Gasteiger partial charge is 0.393 e. The van der Waals surface area contributed by atoms with Gasteiger partial charge in [0.2, 0.25) is 11.9 Å². The Hall–Kier alpha value is -1.14. The second kappa shape index (κ2) is 4.39. The summed E-state index contributed by atoms with van der Waals surface area (Å²) in [6, 6.07) is 1.85. The van der Waals surface area contributed by atoms with Crippen molar-refractivity contribution in [3.63, 3.8) is 0 Å². The topological polar surface area (TPSA) is 66.3 Å². The van der Waals surface area contributed by atoms with Crippen molar-refractivity contribution in [2.24, 2.45) is 0 Å². The molecule has 1 atom stereocenters. The van der Waals surface area contributed by atoms with Crippen LogP contribution in [0.15, 0.2) is 6.07 Å². The zero-order chi connectivity index (χ0) is 11.7. The highest BCUT2D eigenvalue weighted by Gasteiger charge is 2.34. The molecule has 0 saturated carbocycles. The summed E-state index contributed by atoms with van der Waals surface area (Å²) in [5.41, 5.74) is 1.65. The van der Waals surface area contributed by atoms with E-state index < -0.39 is 0 Å². The fourth-order valence-corrected chi connectivity index (χ4v) is 2.60. The molecular weight excluding hydrogens is 226 g/mol. The van der Waals surface area contributed by atoms with Crippen LogP contribution in [-0.2, 0) is 4.79 Å².